The third-order valence-corrected chi connectivity index (χ3v) is 1.90. The second-order valence-corrected chi connectivity index (χ2v) is 3.42. The highest BCUT2D eigenvalue weighted by molar-refractivity contribution is 5.52. The first-order valence-electron chi connectivity index (χ1n) is 4.74. The lowest BCUT2D eigenvalue weighted by Crippen LogP contribution is -2.24. The third kappa shape index (κ3) is 3.96. The molecule has 0 saturated carbocycles. The van der Waals surface area contributed by atoms with Gasteiger partial charge in [-0.25, -0.2) is 4.98 Å². The third-order valence-electron chi connectivity index (χ3n) is 1.90. The van der Waals surface area contributed by atoms with Gasteiger partial charge in [-0.3, -0.25) is 0 Å². The maximum absolute atomic E-state index is 12.1. The lowest BCUT2D eigenvalue weighted by molar-refractivity contribution is -0.136. The van der Waals surface area contributed by atoms with Crippen LogP contribution < -0.4 is 10.1 Å². The summed E-state index contributed by atoms with van der Waals surface area (Å²) in [6.45, 7) is 1.46. The molecule has 0 aromatic carbocycles. The Labute approximate surface area is 91.6 Å². The van der Waals surface area contributed by atoms with Crippen molar-refractivity contribution in [2.75, 3.05) is 12.4 Å². The molecule has 1 unspecified atom stereocenters. The van der Waals surface area contributed by atoms with Crippen LogP contribution in [0.2, 0.25) is 0 Å². The number of hydrogen-bond acceptors (Lipinski definition) is 3. The van der Waals surface area contributed by atoms with Crippen molar-refractivity contribution in [2.45, 2.75) is 25.6 Å². The van der Waals surface area contributed by atoms with Crippen molar-refractivity contribution in [2.24, 2.45) is 0 Å². The van der Waals surface area contributed by atoms with Gasteiger partial charge in [0, 0.05) is 12.2 Å². The maximum Gasteiger partial charge on any atom is 0.391 e. The number of anilines is 1. The molecule has 1 heterocycles. The second kappa shape index (κ2) is 5.05. The number of hydrogen-bond donors (Lipinski definition) is 1. The lowest BCUT2D eigenvalue weighted by Gasteiger charge is -2.17. The van der Waals surface area contributed by atoms with Gasteiger partial charge in [-0.15, -0.1) is 0 Å². The minimum atomic E-state index is -4.18. The van der Waals surface area contributed by atoms with Crippen molar-refractivity contribution < 1.29 is 17.9 Å². The first-order chi connectivity index (χ1) is 7.42. The molecule has 0 aliphatic heterocycles. The molecule has 0 aliphatic rings. The molecule has 0 radical (unpaired) electrons. The molecule has 0 amide bonds. The van der Waals surface area contributed by atoms with Gasteiger partial charge in [-0.2, -0.15) is 13.2 Å². The van der Waals surface area contributed by atoms with Gasteiger partial charge in [0.15, 0.2) is 0 Å². The number of methoxy groups -OCH3 is 1. The van der Waals surface area contributed by atoms with E-state index in [0.717, 1.165) is 0 Å². The van der Waals surface area contributed by atoms with Crippen LogP contribution in [-0.2, 0) is 0 Å². The van der Waals surface area contributed by atoms with Gasteiger partial charge >= 0.3 is 6.18 Å². The molecule has 0 spiro atoms. The van der Waals surface area contributed by atoms with Gasteiger partial charge in [0.2, 0.25) is 5.88 Å². The first kappa shape index (κ1) is 12.6. The van der Waals surface area contributed by atoms with Crippen LogP contribution in [0.5, 0.6) is 5.88 Å². The molecule has 1 aromatic rings. The van der Waals surface area contributed by atoms with Gasteiger partial charge in [-0.1, -0.05) is 0 Å². The molecule has 0 aliphatic carbocycles. The molecule has 6 heteroatoms. The number of aromatic nitrogens is 1. The molecule has 16 heavy (non-hydrogen) atoms. The Bertz CT molecular complexity index is 341. The SMILES string of the molecule is COc1ncccc1NC(C)CC(F)(F)F. The van der Waals surface area contributed by atoms with E-state index in [9.17, 15) is 13.2 Å². The summed E-state index contributed by atoms with van der Waals surface area (Å²) in [5.74, 6) is 0.288. The van der Waals surface area contributed by atoms with Crippen molar-refractivity contribution in [3.8, 4) is 5.88 Å². The monoisotopic (exact) mass is 234 g/mol. The van der Waals surface area contributed by atoms with E-state index < -0.39 is 18.6 Å². The van der Waals surface area contributed by atoms with Gasteiger partial charge in [0.05, 0.1) is 19.2 Å². The summed E-state index contributed by atoms with van der Waals surface area (Å²) in [5.41, 5.74) is 0.460. The van der Waals surface area contributed by atoms with Crippen molar-refractivity contribution in [1.82, 2.24) is 4.98 Å². The highest BCUT2D eigenvalue weighted by atomic mass is 19.4. The van der Waals surface area contributed by atoms with Crippen molar-refractivity contribution in [1.29, 1.82) is 0 Å². The summed E-state index contributed by atoms with van der Waals surface area (Å²) in [6, 6.07) is 2.53. The summed E-state index contributed by atoms with van der Waals surface area (Å²) in [4.78, 5) is 3.88. The van der Waals surface area contributed by atoms with E-state index in [1.807, 2.05) is 0 Å². The number of nitrogens with one attached hydrogen (secondary N) is 1. The number of halogens is 3. The predicted molar refractivity (Wildman–Crippen MR) is 54.5 cm³/mol. The molecule has 1 aromatic heterocycles. The predicted octanol–water partition coefficient (Wildman–Crippen LogP) is 2.84. The summed E-state index contributed by atoms with van der Waals surface area (Å²) in [7, 11) is 1.42. The van der Waals surface area contributed by atoms with Crippen LogP contribution in [0.15, 0.2) is 18.3 Å². The Morgan fingerprint density at radius 2 is 2.19 bits per heavy atom. The maximum atomic E-state index is 12.1. The molecular formula is C10H13F3N2O. The molecule has 1 N–H and O–H groups in total. The van der Waals surface area contributed by atoms with Crippen LogP contribution in [0.3, 0.4) is 0 Å². The zero-order chi connectivity index (χ0) is 12.2. The van der Waals surface area contributed by atoms with E-state index in [0.29, 0.717) is 5.69 Å². The number of nitrogens with zero attached hydrogens (tertiary/aromatic N) is 1. The molecule has 0 fully saturated rings. The number of rotatable bonds is 4. The quantitative estimate of drug-likeness (QED) is 0.869. The van der Waals surface area contributed by atoms with Crippen LogP contribution in [0, 0.1) is 0 Å². The van der Waals surface area contributed by atoms with Crippen LogP contribution in [0.4, 0.5) is 18.9 Å². The number of pyridine rings is 1. The molecule has 3 nitrogen and oxygen atoms in total. The Balaban J connectivity index is 2.65. The molecule has 1 rings (SSSR count). The molecule has 1 atom stereocenters. The molecule has 0 saturated heterocycles. The van der Waals surface area contributed by atoms with E-state index in [-0.39, 0.29) is 5.88 Å². The zero-order valence-corrected chi connectivity index (χ0v) is 9.01. The first-order valence-corrected chi connectivity index (χ1v) is 4.74. The van der Waals surface area contributed by atoms with Gasteiger partial charge in [-0.05, 0) is 19.1 Å². The standard InChI is InChI=1S/C10H13F3N2O/c1-7(6-10(11,12)13)15-8-4-3-5-14-9(8)16-2/h3-5,7,15H,6H2,1-2H3. The van der Waals surface area contributed by atoms with Crippen molar-refractivity contribution >= 4 is 5.69 Å². The lowest BCUT2D eigenvalue weighted by atomic mass is 10.2. The molecule has 90 valence electrons. The van der Waals surface area contributed by atoms with E-state index in [4.69, 9.17) is 4.74 Å². The summed E-state index contributed by atoms with van der Waals surface area (Å²) >= 11 is 0. The Morgan fingerprint density at radius 1 is 1.50 bits per heavy atom. The molecule has 0 bridgehead atoms. The molecular weight excluding hydrogens is 221 g/mol. The summed E-state index contributed by atoms with van der Waals surface area (Å²) < 4.78 is 41.2. The normalized spacial score (nSPS) is 13.3. The highest BCUT2D eigenvalue weighted by Gasteiger charge is 2.30. The Morgan fingerprint density at radius 3 is 2.75 bits per heavy atom. The van der Waals surface area contributed by atoms with Gasteiger partial charge < -0.3 is 10.1 Å². The van der Waals surface area contributed by atoms with E-state index >= 15 is 0 Å². The minimum absolute atomic E-state index is 0.288. The largest absolute Gasteiger partial charge is 0.480 e. The van der Waals surface area contributed by atoms with E-state index in [1.165, 1.54) is 20.2 Å². The van der Waals surface area contributed by atoms with Crippen molar-refractivity contribution in [3.05, 3.63) is 18.3 Å². The topological polar surface area (TPSA) is 34.1 Å². The smallest absolute Gasteiger partial charge is 0.391 e. The Hall–Kier alpha value is -1.46. The second-order valence-electron chi connectivity index (χ2n) is 3.42. The fourth-order valence-corrected chi connectivity index (χ4v) is 1.33. The van der Waals surface area contributed by atoms with Crippen LogP contribution >= 0.6 is 0 Å². The minimum Gasteiger partial charge on any atom is -0.480 e. The average Bonchev–Trinajstić information content (AvgIpc) is 2.15. The average molecular weight is 234 g/mol. The van der Waals surface area contributed by atoms with Crippen molar-refractivity contribution in [3.63, 3.8) is 0 Å². The van der Waals surface area contributed by atoms with E-state index in [2.05, 4.69) is 10.3 Å². The highest BCUT2D eigenvalue weighted by Crippen LogP contribution is 2.26. The van der Waals surface area contributed by atoms with Gasteiger partial charge in [0.1, 0.15) is 0 Å². The summed E-state index contributed by atoms with van der Waals surface area (Å²) in [5, 5.41) is 2.71. The summed E-state index contributed by atoms with van der Waals surface area (Å²) in [6.07, 6.45) is -3.56. The van der Waals surface area contributed by atoms with Crippen LogP contribution in [0.25, 0.3) is 0 Å². The van der Waals surface area contributed by atoms with Crippen LogP contribution in [-0.4, -0.2) is 24.3 Å². The fourth-order valence-electron chi connectivity index (χ4n) is 1.33. The zero-order valence-electron chi connectivity index (χ0n) is 9.01. The van der Waals surface area contributed by atoms with E-state index in [1.54, 1.807) is 12.1 Å². The van der Waals surface area contributed by atoms with Gasteiger partial charge in [0.25, 0.3) is 0 Å². The fraction of sp³-hybridized carbons (Fsp3) is 0.500. The Kier molecular flexibility index (Phi) is 3.98. The number of ether oxygens (including phenoxy) is 1. The number of alkyl halides is 3. The van der Waals surface area contributed by atoms with Crippen LogP contribution in [0.1, 0.15) is 13.3 Å².